The Bertz CT molecular complexity index is 216. The minimum atomic E-state index is -0.0388. The van der Waals surface area contributed by atoms with Crippen LogP contribution >= 0.6 is 0 Å². The number of hydrogen-bond acceptors (Lipinski definition) is 1. The Morgan fingerprint density at radius 1 is 1.64 bits per heavy atom. The fraction of sp³-hybridized carbons (Fsp3) is 0.556. The van der Waals surface area contributed by atoms with Crippen LogP contribution in [0.1, 0.15) is 20.3 Å². The van der Waals surface area contributed by atoms with Crippen molar-refractivity contribution in [3.05, 3.63) is 23.2 Å². The van der Waals surface area contributed by atoms with Gasteiger partial charge in [0.1, 0.15) is 5.83 Å². The van der Waals surface area contributed by atoms with Gasteiger partial charge >= 0.3 is 0 Å². The molecule has 0 aromatic rings. The van der Waals surface area contributed by atoms with Crippen molar-refractivity contribution >= 4 is 0 Å². The highest BCUT2D eigenvalue weighted by Gasteiger charge is 2.12. The predicted molar refractivity (Wildman–Crippen MR) is 44.8 cm³/mol. The third-order valence-electron chi connectivity index (χ3n) is 2.13. The zero-order valence-corrected chi connectivity index (χ0v) is 7.32. The molecule has 0 unspecified atom stereocenters. The van der Waals surface area contributed by atoms with Gasteiger partial charge in [0.25, 0.3) is 0 Å². The Hall–Kier alpha value is -0.790. The van der Waals surface area contributed by atoms with Crippen molar-refractivity contribution in [1.29, 1.82) is 0 Å². The third-order valence-corrected chi connectivity index (χ3v) is 2.13. The van der Waals surface area contributed by atoms with E-state index in [1.54, 1.807) is 6.08 Å². The van der Waals surface area contributed by atoms with Crippen molar-refractivity contribution in [1.82, 2.24) is 4.90 Å². The predicted octanol–water partition coefficient (Wildman–Crippen LogP) is 2.47. The molecule has 1 aliphatic heterocycles. The van der Waals surface area contributed by atoms with Gasteiger partial charge in [0.15, 0.2) is 0 Å². The van der Waals surface area contributed by atoms with E-state index in [0.717, 1.165) is 24.2 Å². The molecule has 0 aromatic carbocycles. The van der Waals surface area contributed by atoms with E-state index in [1.165, 1.54) is 0 Å². The van der Waals surface area contributed by atoms with E-state index in [-0.39, 0.29) is 5.83 Å². The minimum Gasteiger partial charge on any atom is -0.374 e. The van der Waals surface area contributed by atoms with Crippen molar-refractivity contribution in [3.8, 4) is 0 Å². The van der Waals surface area contributed by atoms with Gasteiger partial charge in [-0.3, -0.25) is 0 Å². The van der Waals surface area contributed by atoms with Gasteiger partial charge in [0.2, 0.25) is 0 Å². The van der Waals surface area contributed by atoms with Crippen molar-refractivity contribution < 1.29 is 4.39 Å². The molecule has 62 valence electrons. The summed E-state index contributed by atoms with van der Waals surface area (Å²) in [6, 6.07) is 0. The van der Waals surface area contributed by atoms with Crippen molar-refractivity contribution in [2.75, 3.05) is 13.6 Å². The van der Waals surface area contributed by atoms with E-state index in [1.807, 2.05) is 20.9 Å². The second kappa shape index (κ2) is 3.07. The summed E-state index contributed by atoms with van der Waals surface area (Å²) in [7, 11) is 1.98. The first-order valence-corrected chi connectivity index (χ1v) is 3.92. The lowest BCUT2D eigenvalue weighted by Crippen LogP contribution is -2.22. The second-order valence-electron chi connectivity index (χ2n) is 2.95. The molecule has 0 atom stereocenters. The molecule has 0 aliphatic carbocycles. The number of allylic oxidation sites excluding steroid dienone is 3. The van der Waals surface area contributed by atoms with Gasteiger partial charge in [-0.25, -0.2) is 4.39 Å². The monoisotopic (exact) mass is 155 g/mol. The number of rotatable bonds is 1. The summed E-state index contributed by atoms with van der Waals surface area (Å²) in [5, 5.41) is 0. The van der Waals surface area contributed by atoms with Crippen LogP contribution in [-0.2, 0) is 0 Å². The molecule has 2 heteroatoms. The lowest BCUT2D eigenvalue weighted by atomic mass is 10.1. The van der Waals surface area contributed by atoms with Gasteiger partial charge in [-0.15, -0.1) is 0 Å². The highest BCUT2D eigenvalue weighted by atomic mass is 19.1. The summed E-state index contributed by atoms with van der Waals surface area (Å²) < 4.78 is 13.0. The Morgan fingerprint density at radius 2 is 2.27 bits per heavy atom. The molecular formula is C9H14FN. The molecule has 0 saturated carbocycles. The largest absolute Gasteiger partial charge is 0.374 e. The van der Waals surface area contributed by atoms with Gasteiger partial charge in [0.05, 0.1) is 0 Å². The van der Waals surface area contributed by atoms with Gasteiger partial charge in [-0.2, -0.15) is 0 Å². The molecule has 1 rings (SSSR count). The van der Waals surface area contributed by atoms with Crippen LogP contribution in [0.2, 0.25) is 0 Å². The minimum absolute atomic E-state index is 0.0388. The smallest absolute Gasteiger partial charge is 0.125 e. The van der Waals surface area contributed by atoms with Crippen LogP contribution in [0.25, 0.3) is 0 Å². The molecule has 0 fully saturated rings. The molecule has 0 spiro atoms. The van der Waals surface area contributed by atoms with Gasteiger partial charge in [0, 0.05) is 19.3 Å². The molecule has 0 amide bonds. The van der Waals surface area contributed by atoms with Crippen LogP contribution in [0.15, 0.2) is 23.2 Å². The topological polar surface area (TPSA) is 3.24 Å². The van der Waals surface area contributed by atoms with Crippen LogP contribution in [0, 0.1) is 0 Å². The zero-order valence-electron chi connectivity index (χ0n) is 7.32. The third kappa shape index (κ3) is 1.62. The fourth-order valence-electron chi connectivity index (χ4n) is 1.16. The van der Waals surface area contributed by atoms with Gasteiger partial charge in [-0.1, -0.05) is 6.92 Å². The Morgan fingerprint density at radius 3 is 2.82 bits per heavy atom. The maximum Gasteiger partial charge on any atom is 0.125 e. The summed E-state index contributed by atoms with van der Waals surface area (Å²) >= 11 is 0. The summed E-state index contributed by atoms with van der Waals surface area (Å²) in [4.78, 5) is 2.06. The first-order valence-electron chi connectivity index (χ1n) is 3.92. The average molecular weight is 155 g/mol. The van der Waals surface area contributed by atoms with E-state index in [0.29, 0.717) is 0 Å². The van der Waals surface area contributed by atoms with Crippen molar-refractivity contribution in [2.45, 2.75) is 20.3 Å². The Balaban J connectivity index is 2.87. The van der Waals surface area contributed by atoms with Crippen LogP contribution in [0.4, 0.5) is 4.39 Å². The van der Waals surface area contributed by atoms with E-state index < -0.39 is 0 Å². The Labute approximate surface area is 67.2 Å². The van der Waals surface area contributed by atoms with Crippen LogP contribution in [0.5, 0.6) is 0 Å². The van der Waals surface area contributed by atoms with Crippen molar-refractivity contribution in [3.63, 3.8) is 0 Å². The van der Waals surface area contributed by atoms with E-state index >= 15 is 0 Å². The molecule has 0 radical (unpaired) electrons. The summed E-state index contributed by atoms with van der Waals surface area (Å²) in [5.41, 5.74) is 1.90. The summed E-state index contributed by atoms with van der Waals surface area (Å²) in [6.07, 6.45) is 2.41. The summed E-state index contributed by atoms with van der Waals surface area (Å²) in [6.45, 7) is 4.65. The highest BCUT2D eigenvalue weighted by molar-refractivity contribution is 5.28. The summed E-state index contributed by atoms with van der Waals surface area (Å²) in [5.74, 6) is -0.0388. The molecular weight excluding hydrogens is 141 g/mol. The average Bonchev–Trinajstić information content (AvgIpc) is 1.97. The maximum absolute atomic E-state index is 13.0. The number of likely N-dealkylation sites (N-methyl/N-ethyl adjacent to an activating group) is 1. The van der Waals surface area contributed by atoms with E-state index in [9.17, 15) is 4.39 Å². The molecule has 11 heavy (non-hydrogen) atoms. The molecule has 0 saturated heterocycles. The lowest BCUT2D eigenvalue weighted by molar-refractivity contribution is 0.425. The van der Waals surface area contributed by atoms with Crippen LogP contribution < -0.4 is 0 Å². The van der Waals surface area contributed by atoms with Gasteiger partial charge in [-0.05, 0) is 25.0 Å². The molecule has 1 nitrogen and oxygen atoms in total. The van der Waals surface area contributed by atoms with Crippen LogP contribution in [0.3, 0.4) is 0 Å². The first kappa shape index (κ1) is 8.31. The fourth-order valence-corrected chi connectivity index (χ4v) is 1.16. The van der Waals surface area contributed by atoms with Gasteiger partial charge < -0.3 is 4.90 Å². The number of nitrogens with zero attached hydrogens (tertiary/aromatic N) is 1. The molecule has 0 aromatic heterocycles. The number of halogens is 1. The first-order chi connectivity index (χ1) is 5.15. The highest BCUT2D eigenvalue weighted by Crippen LogP contribution is 2.21. The molecule has 1 aliphatic rings. The standard InChI is InChI=1S/C9H14FN/c1-4-8-6-11(3)7(2)5-9(8)10/h5H,4,6H2,1-3H3. The number of hydrogen-bond donors (Lipinski definition) is 0. The normalized spacial score (nSPS) is 18.9. The molecule has 0 bridgehead atoms. The van der Waals surface area contributed by atoms with E-state index in [4.69, 9.17) is 0 Å². The Kier molecular flexibility index (Phi) is 2.32. The SMILES string of the molecule is CCC1=C(F)C=C(C)N(C)C1. The van der Waals surface area contributed by atoms with Crippen LogP contribution in [-0.4, -0.2) is 18.5 Å². The molecule has 1 heterocycles. The second-order valence-corrected chi connectivity index (χ2v) is 2.95. The maximum atomic E-state index is 13.0. The van der Waals surface area contributed by atoms with Crippen molar-refractivity contribution in [2.24, 2.45) is 0 Å². The zero-order chi connectivity index (χ0) is 8.43. The molecule has 0 N–H and O–H groups in total. The quantitative estimate of drug-likeness (QED) is 0.562. The van der Waals surface area contributed by atoms with E-state index in [2.05, 4.69) is 4.90 Å². The lowest BCUT2D eigenvalue weighted by Gasteiger charge is -2.25.